The quantitative estimate of drug-likeness (QED) is 0.0196. The van der Waals surface area contributed by atoms with Crippen LogP contribution in [0.3, 0.4) is 0 Å². The normalized spacial score (nSPS) is 14.4. The zero-order valence-electron chi connectivity index (χ0n) is 35.2. The molecule has 0 saturated heterocycles. The molecule has 0 aliphatic heterocycles. The van der Waals surface area contributed by atoms with Gasteiger partial charge in [-0.15, -0.1) is 0 Å². The Bertz CT molecular complexity index is 1150. The lowest BCUT2D eigenvalue weighted by molar-refractivity contribution is -0.161. The lowest BCUT2D eigenvalue weighted by atomic mass is 10.1. The smallest absolute Gasteiger partial charge is 0.462 e. The van der Waals surface area contributed by atoms with E-state index in [4.69, 9.17) is 23.8 Å². The van der Waals surface area contributed by atoms with Gasteiger partial charge in [-0.05, 0) is 70.6 Å². The SMILES string of the molecule is CCCCC/C=C\C/C=C\CCCCCCCC(=O)O[C@H](COC(=O)CCCCCCC/C=C\CCCCCCCC)COP(=O)(O)OC[C@@H](O)COP(=O)(O)O. The van der Waals surface area contributed by atoms with Crippen LogP contribution in [-0.4, -0.2) is 70.4 Å². The summed E-state index contributed by atoms with van der Waals surface area (Å²) in [6.45, 7) is 1.71. The van der Waals surface area contributed by atoms with Crippen molar-refractivity contribution in [3.63, 3.8) is 0 Å². The van der Waals surface area contributed by atoms with E-state index < -0.39 is 66.2 Å². The van der Waals surface area contributed by atoms with Crippen LogP contribution in [0.1, 0.15) is 181 Å². The molecule has 0 rings (SSSR count). The Kier molecular flexibility index (Phi) is 37.4. The molecule has 0 aromatic rings. The second-order valence-electron chi connectivity index (χ2n) is 14.6. The molecule has 3 atom stereocenters. The number of carbonyl (C=O) groups is 2. The van der Waals surface area contributed by atoms with Crippen molar-refractivity contribution in [2.24, 2.45) is 0 Å². The van der Waals surface area contributed by atoms with Crippen molar-refractivity contribution in [1.82, 2.24) is 0 Å². The molecule has 0 aromatic carbocycles. The van der Waals surface area contributed by atoms with Gasteiger partial charge in [0.05, 0.1) is 19.8 Å². The molecule has 0 fully saturated rings. The third kappa shape index (κ3) is 42.3. The Morgan fingerprint density at radius 2 is 0.912 bits per heavy atom. The molecule has 0 aliphatic carbocycles. The topological polar surface area (TPSA) is 195 Å². The van der Waals surface area contributed by atoms with Crippen LogP contribution >= 0.6 is 15.6 Å². The number of ether oxygens (including phenoxy) is 2. The first-order valence-corrected chi connectivity index (χ1v) is 24.7. The van der Waals surface area contributed by atoms with E-state index in [0.717, 1.165) is 83.5 Å². The van der Waals surface area contributed by atoms with Crippen molar-refractivity contribution in [3.8, 4) is 0 Å². The number of carbonyl (C=O) groups excluding carboxylic acids is 2. The molecule has 0 bridgehead atoms. The molecule has 1 unspecified atom stereocenters. The van der Waals surface area contributed by atoms with Crippen LogP contribution in [0.25, 0.3) is 0 Å². The molecule has 0 aromatic heterocycles. The predicted octanol–water partition coefficient (Wildman–Crippen LogP) is 10.9. The van der Waals surface area contributed by atoms with Gasteiger partial charge >= 0.3 is 27.6 Å². The number of allylic oxidation sites excluding steroid dienone is 6. The minimum atomic E-state index is -4.86. The van der Waals surface area contributed by atoms with Crippen molar-refractivity contribution in [1.29, 1.82) is 0 Å². The van der Waals surface area contributed by atoms with Gasteiger partial charge in [-0.3, -0.25) is 23.2 Å². The van der Waals surface area contributed by atoms with Crippen molar-refractivity contribution in [2.75, 3.05) is 26.4 Å². The van der Waals surface area contributed by atoms with E-state index >= 15 is 0 Å². The molecule has 0 aliphatic rings. The average Bonchev–Trinajstić information content (AvgIpc) is 3.17. The van der Waals surface area contributed by atoms with Gasteiger partial charge in [0.2, 0.25) is 0 Å². The highest BCUT2D eigenvalue weighted by atomic mass is 31.2. The molecule has 0 radical (unpaired) electrons. The maximum atomic E-state index is 12.6. The van der Waals surface area contributed by atoms with Crippen molar-refractivity contribution < 1.29 is 61.6 Å². The van der Waals surface area contributed by atoms with Crippen LogP contribution in [-0.2, 0) is 41.8 Å². The minimum Gasteiger partial charge on any atom is -0.462 e. The fourth-order valence-electron chi connectivity index (χ4n) is 5.67. The third-order valence-electron chi connectivity index (χ3n) is 8.99. The molecule has 0 amide bonds. The summed E-state index contributed by atoms with van der Waals surface area (Å²) in [6, 6.07) is 0. The molecule has 57 heavy (non-hydrogen) atoms. The maximum Gasteiger partial charge on any atom is 0.472 e. The number of rotatable bonds is 41. The first kappa shape index (κ1) is 55.3. The summed E-state index contributed by atoms with van der Waals surface area (Å²) >= 11 is 0. The first-order valence-electron chi connectivity index (χ1n) is 21.7. The second kappa shape index (κ2) is 38.5. The third-order valence-corrected chi connectivity index (χ3v) is 10.4. The van der Waals surface area contributed by atoms with Gasteiger partial charge in [-0.2, -0.15) is 0 Å². The van der Waals surface area contributed by atoms with Crippen LogP contribution in [0.5, 0.6) is 0 Å². The molecule has 13 nitrogen and oxygen atoms in total. The fourth-order valence-corrected chi connectivity index (χ4v) is 6.82. The maximum absolute atomic E-state index is 12.6. The van der Waals surface area contributed by atoms with Gasteiger partial charge in [0.15, 0.2) is 6.10 Å². The Labute approximate surface area is 344 Å². The number of esters is 2. The Balaban J connectivity index is 4.56. The lowest BCUT2D eigenvalue weighted by Crippen LogP contribution is -2.30. The molecule has 0 saturated carbocycles. The molecule has 334 valence electrons. The standard InChI is InChI=1S/C42H78O13P2/c1-3-5-7-9-11-13-15-17-19-21-23-25-27-29-31-33-41(44)51-37-40(38-54-57(49,50)53-36-39(43)35-52-56(46,47)48)55-42(45)34-32-30-28-26-24-22-20-18-16-14-12-10-8-6-4-2/h12,14,17-20,39-40,43H,3-11,13,15-16,21-38H2,1-2H3,(H,49,50)(H2,46,47,48)/b14-12-,19-17-,20-18-/t39-,40+/m0/s1. The summed E-state index contributed by atoms with van der Waals surface area (Å²) in [6.07, 6.45) is 37.0. The molecular weight excluding hydrogens is 774 g/mol. The van der Waals surface area contributed by atoms with Crippen LogP contribution < -0.4 is 0 Å². The van der Waals surface area contributed by atoms with E-state index in [0.29, 0.717) is 12.8 Å². The second-order valence-corrected chi connectivity index (χ2v) is 17.3. The summed E-state index contributed by atoms with van der Waals surface area (Å²) in [5.41, 5.74) is 0. The van der Waals surface area contributed by atoms with E-state index in [1.54, 1.807) is 0 Å². The Morgan fingerprint density at radius 1 is 0.509 bits per heavy atom. The first-order chi connectivity index (χ1) is 27.4. The largest absolute Gasteiger partial charge is 0.472 e. The zero-order chi connectivity index (χ0) is 42.3. The van der Waals surface area contributed by atoms with E-state index in [1.165, 1.54) is 57.8 Å². The summed E-state index contributed by atoms with van der Waals surface area (Å²) in [5.74, 6) is -1.06. The number of hydrogen-bond donors (Lipinski definition) is 4. The minimum absolute atomic E-state index is 0.114. The fraction of sp³-hybridized carbons (Fsp3) is 0.810. The summed E-state index contributed by atoms with van der Waals surface area (Å²) in [7, 11) is -9.67. The number of phosphoric ester groups is 2. The number of phosphoric acid groups is 2. The highest BCUT2D eigenvalue weighted by Gasteiger charge is 2.28. The van der Waals surface area contributed by atoms with Gasteiger partial charge < -0.3 is 29.3 Å². The van der Waals surface area contributed by atoms with Crippen LogP contribution in [0.4, 0.5) is 0 Å². The van der Waals surface area contributed by atoms with Crippen molar-refractivity contribution in [3.05, 3.63) is 36.5 Å². The van der Waals surface area contributed by atoms with E-state index in [-0.39, 0.29) is 12.8 Å². The monoisotopic (exact) mass is 852 g/mol. The Morgan fingerprint density at radius 3 is 1.44 bits per heavy atom. The van der Waals surface area contributed by atoms with Gasteiger partial charge in [0.25, 0.3) is 0 Å². The molecule has 15 heteroatoms. The van der Waals surface area contributed by atoms with Gasteiger partial charge in [-0.1, -0.05) is 134 Å². The highest BCUT2D eigenvalue weighted by Crippen LogP contribution is 2.43. The van der Waals surface area contributed by atoms with Crippen LogP contribution in [0.15, 0.2) is 36.5 Å². The van der Waals surface area contributed by atoms with Gasteiger partial charge in [-0.25, -0.2) is 9.13 Å². The van der Waals surface area contributed by atoms with Crippen LogP contribution in [0.2, 0.25) is 0 Å². The van der Waals surface area contributed by atoms with E-state index in [2.05, 4.69) is 59.4 Å². The number of hydrogen-bond acceptors (Lipinski definition) is 10. The summed E-state index contributed by atoms with van der Waals surface area (Å²) in [4.78, 5) is 52.6. The lowest BCUT2D eigenvalue weighted by Gasteiger charge is -2.20. The van der Waals surface area contributed by atoms with Gasteiger partial charge in [0.1, 0.15) is 12.7 Å². The van der Waals surface area contributed by atoms with Gasteiger partial charge in [0, 0.05) is 12.8 Å². The van der Waals surface area contributed by atoms with E-state index in [1.807, 2.05) is 0 Å². The number of aliphatic hydroxyl groups excluding tert-OH is 1. The molecule has 0 heterocycles. The predicted molar refractivity (Wildman–Crippen MR) is 225 cm³/mol. The van der Waals surface area contributed by atoms with Crippen molar-refractivity contribution in [2.45, 2.75) is 193 Å². The highest BCUT2D eigenvalue weighted by molar-refractivity contribution is 7.47. The number of unbranched alkanes of at least 4 members (excludes halogenated alkanes) is 19. The molecule has 0 spiro atoms. The molecule has 4 N–H and O–H groups in total. The Hall–Kier alpha value is -1.66. The summed E-state index contributed by atoms with van der Waals surface area (Å²) < 4.78 is 47.7. The van der Waals surface area contributed by atoms with E-state index in [9.17, 15) is 28.7 Å². The van der Waals surface area contributed by atoms with Crippen LogP contribution in [0, 0.1) is 0 Å². The average molecular weight is 853 g/mol. The molecular formula is C42H78O13P2. The zero-order valence-corrected chi connectivity index (χ0v) is 37.0. The number of aliphatic hydroxyl groups is 1. The van der Waals surface area contributed by atoms with Crippen molar-refractivity contribution >= 4 is 27.6 Å². The summed E-state index contributed by atoms with van der Waals surface area (Å²) in [5, 5.41) is 9.74.